The number of aliphatic carboxylic acids is 1. The first-order chi connectivity index (χ1) is 9.06. The maximum Gasteiger partial charge on any atom is 0.303 e. The minimum Gasteiger partial charge on any atom is -0.481 e. The van der Waals surface area contributed by atoms with Crippen molar-refractivity contribution in [3.63, 3.8) is 0 Å². The predicted molar refractivity (Wildman–Crippen MR) is 66.8 cm³/mol. The number of carboxylic acids is 1. The van der Waals surface area contributed by atoms with Crippen molar-refractivity contribution in [2.75, 3.05) is 6.54 Å². The van der Waals surface area contributed by atoms with Crippen LogP contribution in [-0.4, -0.2) is 23.7 Å². The zero-order valence-corrected chi connectivity index (χ0v) is 10.5. The maximum atomic E-state index is 13.6. The normalized spacial score (nSPS) is 23.3. The lowest BCUT2D eigenvalue weighted by Gasteiger charge is -2.29. The number of benzene rings is 1. The minimum absolute atomic E-state index is 0.0653. The zero-order chi connectivity index (χ0) is 13.8. The number of nitrogens with one attached hydrogen (secondary N) is 1. The van der Waals surface area contributed by atoms with E-state index >= 15 is 0 Å². The summed E-state index contributed by atoms with van der Waals surface area (Å²) in [5, 5.41) is 12.0. The van der Waals surface area contributed by atoms with Crippen molar-refractivity contribution in [2.45, 2.75) is 31.7 Å². The molecule has 1 aromatic rings. The van der Waals surface area contributed by atoms with Gasteiger partial charge in [0.1, 0.15) is 11.6 Å². The van der Waals surface area contributed by atoms with Gasteiger partial charge in [0.05, 0.1) is 0 Å². The topological polar surface area (TPSA) is 49.3 Å². The van der Waals surface area contributed by atoms with Gasteiger partial charge in [0.15, 0.2) is 0 Å². The third kappa shape index (κ3) is 3.73. The fourth-order valence-electron chi connectivity index (χ4n) is 2.66. The van der Waals surface area contributed by atoms with Crippen LogP contribution in [-0.2, 0) is 11.2 Å². The van der Waals surface area contributed by atoms with Crippen LogP contribution >= 0.6 is 0 Å². The molecule has 1 aliphatic rings. The minimum atomic E-state index is -0.817. The molecule has 0 bridgehead atoms. The Hall–Kier alpha value is -1.49. The van der Waals surface area contributed by atoms with E-state index in [0.29, 0.717) is 13.0 Å². The third-order valence-corrected chi connectivity index (χ3v) is 3.58. The Morgan fingerprint density at radius 1 is 1.37 bits per heavy atom. The molecule has 1 fully saturated rings. The van der Waals surface area contributed by atoms with Crippen molar-refractivity contribution in [3.05, 3.63) is 35.4 Å². The van der Waals surface area contributed by atoms with Gasteiger partial charge in [-0.3, -0.25) is 4.79 Å². The van der Waals surface area contributed by atoms with E-state index in [1.807, 2.05) is 0 Å². The first kappa shape index (κ1) is 13.9. The van der Waals surface area contributed by atoms with Crippen molar-refractivity contribution in [1.82, 2.24) is 5.32 Å². The van der Waals surface area contributed by atoms with Gasteiger partial charge < -0.3 is 10.4 Å². The van der Waals surface area contributed by atoms with Crippen molar-refractivity contribution < 1.29 is 18.7 Å². The number of rotatable bonds is 4. The van der Waals surface area contributed by atoms with Crippen LogP contribution in [0.4, 0.5) is 8.78 Å². The highest BCUT2D eigenvalue weighted by Crippen LogP contribution is 2.23. The predicted octanol–water partition coefficient (Wildman–Crippen LogP) is 2.35. The van der Waals surface area contributed by atoms with Gasteiger partial charge in [-0.2, -0.15) is 0 Å². The number of halogens is 2. The van der Waals surface area contributed by atoms with Crippen LogP contribution in [0.2, 0.25) is 0 Å². The van der Waals surface area contributed by atoms with E-state index in [4.69, 9.17) is 5.11 Å². The summed E-state index contributed by atoms with van der Waals surface area (Å²) in [6.07, 6.45) is 1.81. The summed E-state index contributed by atoms with van der Waals surface area (Å²) in [6, 6.07) is 3.77. The maximum absolute atomic E-state index is 13.6. The molecule has 0 aliphatic carbocycles. The second-order valence-electron chi connectivity index (χ2n) is 5.04. The molecular formula is C14H17F2NO2. The molecule has 2 N–H and O–H groups in total. The van der Waals surface area contributed by atoms with E-state index in [1.165, 1.54) is 18.2 Å². The Balaban J connectivity index is 2.01. The highest BCUT2D eigenvalue weighted by atomic mass is 19.1. The van der Waals surface area contributed by atoms with Crippen LogP contribution in [0.25, 0.3) is 0 Å². The Morgan fingerprint density at radius 3 is 2.68 bits per heavy atom. The van der Waals surface area contributed by atoms with Crippen LogP contribution < -0.4 is 5.32 Å². The van der Waals surface area contributed by atoms with E-state index in [-0.39, 0.29) is 30.4 Å². The molecule has 1 aliphatic heterocycles. The molecule has 0 radical (unpaired) electrons. The Kier molecular flexibility index (Phi) is 4.47. The molecule has 1 heterocycles. The highest BCUT2D eigenvalue weighted by molar-refractivity contribution is 5.67. The molecule has 0 aromatic heterocycles. The van der Waals surface area contributed by atoms with Crippen LogP contribution in [0.15, 0.2) is 18.2 Å². The highest BCUT2D eigenvalue weighted by Gasteiger charge is 2.25. The SMILES string of the molecule is O=C(O)CC1CCNC(Cc2c(F)cccc2F)C1. The van der Waals surface area contributed by atoms with Gasteiger partial charge in [-0.05, 0) is 43.9 Å². The van der Waals surface area contributed by atoms with Crippen LogP contribution in [0.1, 0.15) is 24.8 Å². The molecule has 0 saturated carbocycles. The molecule has 0 amide bonds. The fourth-order valence-corrected chi connectivity index (χ4v) is 2.66. The summed E-state index contributed by atoms with van der Waals surface area (Å²) >= 11 is 0. The van der Waals surface area contributed by atoms with Crippen LogP contribution in [0.3, 0.4) is 0 Å². The molecule has 104 valence electrons. The molecular weight excluding hydrogens is 252 g/mol. The summed E-state index contributed by atoms with van der Waals surface area (Å²) < 4.78 is 27.1. The Bertz CT molecular complexity index is 445. The van der Waals surface area contributed by atoms with Crippen molar-refractivity contribution >= 4 is 5.97 Å². The van der Waals surface area contributed by atoms with E-state index in [2.05, 4.69) is 5.32 Å². The lowest BCUT2D eigenvalue weighted by Crippen LogP contribution is -2.40. The lowest BCUT2D eigenvalue weighted by molar-refractivity contribution is -0.138. The Labute approximate surface area is 110 Å². The van der Waals surface area contributed by atoms with Gasteiger partial charge in [-0.15, -0.1) is 0 Å². The quantitative estimate of drug-likeness (QED) is 0.882. The summed E-state index contributed by atoms with van der Waals surface area (Å²) in [5.41, 5.74) is 0.0796. The average molecular weight is 269 g/mol. The van der Waals surface area contributed by atoms with E-state index in [9.17, 15) is 13.6 Å². The second-order valence-corrected chi connectivity index (χ2v) is 5.04. The molecule has 5 heteroatoms. The van der Waals surface area contributed by atoms with E-state index in [1.54, 1.807) is 0 Å². The van der Waals surface area contributed by atoms with Crippen LogP contribution in [0.5, 0.6) is 0 Å². The molecule has 2 atom stereocenters. The summed E-state index contributed by atoms with van der Waals surface area (Å²) in [5.74, 6) is -1.81. The summed E-state index contributed by atoms with van der Waals surface area (Å²) in [7, 11) is 0. The van der Waals surface area contributed by atoms with Gasteiger partial charge >= 0.3 is 5.97 Å². The largest absolute Gasteiger partial charge is 0.481 e. The smallest absolute Gasteiger partial charge is 0.303 e. The van der Waals surface area contributed by atoms with Crippen molar-refractivity contribution in [2.24, 2.45) is 5.92 Å². The number of carbonyl (C=O) groups is 1. The standard InChI is InChI=1S/C14H17F2NO2/c15-12-2-1-3-13(16)11(12)8-10-6-9(4-5-17-10)7-14(18)19/h1-3,9-10,17H,4-8H2,(H,18,19). The average Bonchev–Trinajstić information content (AvgIpc) is 2.34. The lowest BCUT2D eigenvalue weighted by atomic mass is 9.87. The third-order valence-electron chi connectivity index (χ3n) is 3.58. The van der Waals surface area contributed by atoms with Gasteiger partial charge in [0.2, 0.25) is 0 Å². The second kappa shape index (κ2) is 6.10. The molecule has 2 rings (SSSR count). The van der Waals surface area contributed by atoms with Gasteiger partial charge in [0, 0.05) is 18.0 Å². The molecule has 19 heavy (non-hydrogen) atoms. The zero-order valence-electron chi connectivity index (χ0n) is 10.5. The van der Waals surface area contributed by atoms with E-state index < -0.39 is 17.6 Å². The fraction of sp³-hybridized carbons (Fsp3) is 0.500. The van der Waals surface area contributed by atoms with Crippen LogP contribution in [0, 0.1) is 17.6 Å². The van der Waals surface area contributed by atoms with Gasteiger partial charge in [0.25, 0.3) is 0 Å². The summed E-state index contributed by atoms with van der Waals surface area (Å²) in [4.78, 5) is 10.7. The number of piperidine rings is 1. The van der Waals surface area contributed by atoms with Gasteiger partial charge in [-0.25, -0.2) is 8.78 Å². The molecule has 1 aromatic carbocycles. The molecule has 0 spiro atoms. The number of hydrogen-bond donors (Lipinski definition) is 2. The Morgan fingerprint density at radius 2 is 2.05 bits per heavy atom. The van der Waals surface area contributed by atoms with Crippen molar-refractivity contribution in [3.8, 4) is 0 Å². The first-order valence-corrected chi connectivity index (χ1v) is 6.44. The molecule has 1 saturated heterocycles. The molecule has 2 unspecified atom stereocenters. The summed E-state index contributed by atoms with van der Waals surface area (Å²) in [6.45, 7) is 0.693. The number of carboxylic acid groups (broad SMARTS) is 1. The van der Waals surface area contributed by atoms with Gasteiger partial charge in [-0.1, -0.05) is 6.07 Å². The number of hydrogen-bond acceptors (Lipinski definition) is 2. The first-order valence-electron chi connectivity index (χ1n) is 6.44. The van der Waals surface area contributed by atoms with Crippen molar-refractivity contribution in [1.29, 1.82) is 0 Å². The molecule has 3 nitrogen and oxygen atoms in total. The monoisotopic (exact) mass is 269 g/mol. The van der Waals surface area contributed by atoms with E-state index in [0.717, 1.165) is 6.42 Å².